The van der Waals surface area contributed by atoms with E-state index in [1.54, 1.807) is 0 Å². The van der Waals surface area contributed by atoms with Crippen molar-refractivity contribution < 1.29 is 8.83 Å². The Labute approximate surface area is 403 Å². The van der Waals surface area contributed by atoms with Gasteiger partial charge >= 0.3 is 0 Å². The van der Waals surface area contributed by atoms with Crippen LogP contribution in [-0.2, 0) is 5.41 Å². The number of hydrogen-bond acceptors (Lipinski definition) is 5. The predicted molar refractivity (Wildman–Crippen MR) is 283 cm³/mol. The minimum Gasteiger partial charge on any atom is -0.456 e. The predicted octanol–water partition coefficient (Wildman–Crippen LogP) is 14.7. The molecule has 14 rings (SSSR count). The third kappa shape index (κ3) is 5.82. The monoisotopic (exact) mass is 895 g/mol. The summed E-state index contributed by atoms with van der Waals surface area (Å²) in [6, 6.07) is 73.5. The van der Waals surface area contributed by atoms with Gasteiger partial charge in [-0.15, -0.1) is 0 Å². The molecule has 0 aliphatic heterocycles. The van der Waals surface area contributed by atoms with Gasteiger partial charge < -0.3 is 8.83 Å². The summed E-state index contributed by atoms with van der Waals surface area (Å²) in [6.45, 7) is 6.32. The quantitative estimate of drug-likeness (QED) is 0.166. The highest BCUT2D eigenvalue weighted by Crippen LogP contribution is 2.63. The Morgan fingerprint density at radius 3 is 1.63 bits per heavy atom. The molecule has 0 unspecified atom stereocenters. The molecule has 3 heterocycles. The molecule has 328 valence electrons. The van der Waals surface area contributed by atoms with Gasteiger partial charge in [-0.05, 0) is 116 Å². The second-order valence-corrected chi connectivity index (χ2v) is 18.2. The lowest BCUT2D eigenvalue weighted by atomic mass is 9.70. The van der Waals surface area contributed by atoms with Crippen LogP contribution in [0.25, 0.3) is 112 Å². The fraction of sp³-hybridized carbons (Fsp3) is 0.0308. The van der Waals surface area contributed by atoms with Gasteiger partial charge in [0.2, 0.25) is 0 Å². The number of para-hydroxylation sites is 1. The fourth-order valence-electron chi connectivity index (χ4n) is 11.4. The fourth-order valence-corrected chi connectivity index (χ4v) is 11.4. The van der Waals surface area contributed by atoms with Gasteiger partial charge in [0.1, 0.15) is 22.2 Å². The molecule has 5 heteroatoms. The van der Waals surface area contributed by atoms with Gasteiger partial charge in [0, 0.05) is 38.1 Å². The molecule has 0 atom stereocenters. The molecule has 0 fully saturated rings. The van der Waals surface area contributed by atoms with Gasteiger partial charge in [0.05, 0.1) is 5.41 Å². The van der Waals surface area contributed by atoms with Crippen LogP contribution < -0.4 is 10.6 Å². The van der Waals surface area contributed by atoms with Crippen LogP contribution in [0.3, 0.4) is 0 Å². The van der Waals surface area contributed by atoms with Crippen molar-refractivity contribution in [2.45, 2.75) is 12.3 Å². The number of nitrogens with zero attached hydrogens (tertiary/aromatic N) is 3. The third-order valence-electron chi connectivity index (χ3n) is 14.5. The normalized spacial score (nSPS) is 13.7. The smallest absolute Gasteiger partial charge is 0.164 e. The molecular weight excluding hydrogens is 855 g/mol. The molecule has 5 nitrogen and oxygen atoms in total. The van der Waals surface area contributed by atoms with Crippen molar-refractivity contribution in [1.29, 1.82) is 0 Å². The Morgan fingerprint density at radius 1 is 0.414 bits per heavy atom. The number of furan rings is 2. The van der Waals surface area contributed by atoms with E-state index in [9.17, 15) is 0 Å². The van der Waals surface area contributed by atoms with E-state index < -0.39 is 0 Å². The van der Waals surface area contributed by atoms with E-state index in [2.05, 4.69) is 158 Å². The van der Waals surface area contributed by atoms with Crippen LogP contribution >= 0.6 is 0 Å². The van der Waals surface area contributed by atoms with Gasteiger partial charge in [-0.2, -0.15) is 0 Å². The van der Waals surface area contributed by atoms with Crippen LogP contribution in [0.5, 0.6) is 0 Å². The van der Waals surface area contributed by atoms with Crippen molar-refractivity contribution in [3.8, 4) is 67.3 Å². The Balaban J connectivity index is 0.870. The van der Waals surface area contributed by atoms with Crippen LogP contribution in [0.4, 0.5) is 0 Å². The largest absolute Gasteiger partial charge is 0.456 e. The first-order chi connectivity index (χ1) is 34.6. The summed E-state index contributed by atoms with van der Waals surface area (Å²) < 4.78 is 12.9. The lowest BCUT2D eigenvalue weighted by Crippen LogP contribution is -2.25. The number of aromatic nitrogens is 3. The zero-order valence-electron chi connectivity index (χ0n) is 38.1. The summed E-state index contributed by atoms with van der Waals surface area (Å²) in [5, 5.41) is 3.93. The molecule has 9 aromatic carbocycles. The van der Waals surface area contributed by atoms with Gasteiger partial charge in [0.25, 0.3) is 0 Å². The molecule has 0 amide bonds. The maximum Gasteiger partial charge on any atom is 0.164 e. The van der Waals surface area contributed by atoms with Crippen LogP contribution in [0, 0.1) is 0 Å². The van der Waals surface area contributed by atoms with Crippen LogP contribution in [0.1, 0.15) is 35.0 Å². The molecule has 2 aliphatic carbocycles. The molecule has 0 N–H and O–H groups in total. The highest BCUT2D eigenvalue weighted by molar-refractivity contribution is 6.06. The zero-order valence-corrected chi connectivity index (χ0v) is 38.1. The van der Waals surface area contributed by atoms with E-state index in [4.69, 9.17) is 23.8 Å². The van der Waals surface area contributed by atoms with Crippen molar-refractivity contribution in [2.24, 2.45) is 0 Å². The topological polar surface area (TPSA) is 65.0 Å². The van der Waals surface area contributed by atoms with E-state index in [0.717, 1.165) is 71.5 Å². The number of allylic oxidation sites excluding steroid dienone is 1. The molecule has 0 radical (unpaired) electrons. The van der Waals surface area contributed by atoms with E-state index in [1.807, 2.05) is 73.7 Å². The molecule has 0 saturated carbocycles. The lowest BCUT2D eigenvalue weighted by Gasteiger charge is -2.30. The molecule has 3 aromatic heterocycles. The average molecular weight is 896 g/mol. The third-order valence-corrected chi connectivity index (χ3v) is 14.5. The van der Waals surface area contributed by atoms with Crippen molar-refractivity contribution in [2.75, 3.05) is 0 Å². The van der Waals surface area contributed by atoms with Gasteiger partial charge in [-0.1, -0.05) is 183 Å². The van der Waals surface area contributed by atoms with Crippen LogP contribution in [0.2, 0.25) is 0 Å². The second kappa shape index (κ2) is 15.4. The Hall–Kier alpha value is -9.19. The minimum atomic E-state index is -0.356. The molecule has 12 aromatic rings. The van der Waals surface area contributed by atoms with Gasteiger partial charge in [0.15, 0.2) is 17.5 Å². The number of hydrogen-bond donors (Lipinski definition) is 0. The molecule has 0 saturated heterocycles. The first-order valence-corrected chi connectivity index (χ1v) is 23.7. The highest BCUT2D eigenvalue weighted by atomic mass is 16.3. The summed E-state index contributed by atoms with van der Waals surface area (Å²) >= 11 is 0. The summed E-state index contributed by atoms with van der Waals surface area (Å²) in [5.74, 6) is 1.58. The Morgan fingerprint density at radius 2 is 0.943 bits per heavy atom. The molecule has 70 heavy (non-hydrogen) atoms. The summed E-state index contributed by atoms with van der Waals surface area (Å²) in [6.07, 6.45) is 3.82. The standard InChI is InChI=1S/C65H41N3O2/c1-3-45(64-67-62(41-16-6-5-7-17-41)66-63(68-64)44-30-33-50-49-21-11-15-25-58(49)70-60(50)38-44)61-52-37-43(32-35-59(52)69-57(61)4-2)40-28-26-39(27-29-40)42-31-34-56-51(36-42)48-20-10-14-24-55(48)65(56)53-22-12-8-18-46(53)47-19-9-13-23-54(47)65/h3-38H,1H2,2H3/b57-4+,61-45+. The Kier molecular flexibility index (Phi) is 8.80. The summed E-state index contributed by atoms with van der Waals surface area (Å²) in [4.78, 5) is 15.3. The van der Waals surface area contributed by atoms with Crippen LogP contribution in [0.15, 0.2) is 228 Å². The summed E-state index contributed by atoms with van der Waals surface area (Å²) in [5.41, 5.74) is 20.3. The lowest BCUT2D eigenvalue weighted by molar-refractivity contribution is 0.574. The maximum atomic E-state index is 6.55. The highest BCUT2D eigenvalue weighted by Gasteiger charge is 2.51. The second-order valence-electron chi connectivity index (χ2n) is 18.2. The van der Waals surface area contributed by atoms with E-state index in [-0.39, 0.29) is 5.41 Å². The first-order valence-electron chi connectivity index (χ1n) is 23.7. The first kappa shape index (κ1) is 39.9. The average Bonchev–Trinajstić information content (AvgIpc) is 4.16. The van der Waals surface area contributed by atoms with Crippen molar-refractivity contribution in [1.82, 2.24) is 15.0 Å². The Bertz CT molecular complexity index is 4230. The number of rotatable bonds is 6. The minimum absolute atomic E-state index is 0.356. The zero-order chi connectivity index (χ0) is 46.5. The molecular formula is C65H41N3O2. The number of benzene rings is 9. The van der Waals surface area contributed by atoms with Crippen molar-refractivity contribution in [3.63, 3.8) is 0 Å². The van der Waals surface area contributed by atoms with E-state index in [0.29, 0.717) is 22.9 Å². The molecule has 0 bridgehead atoms. The summed E-state index contributed by atoms with van der Waals surface area (Å²) in [7, 11) is 0. The van der Waals surface area contributed by atoms with Crippen molar-refractivity contribution in [3.05, 3.63) is 258 Å². The molecule has 2 aliphatic rings. The van der Waals surface area contributed by atoms with E-state index in [1.165, 1.54) is 50.1 Å². The molecule has 1 spiro atoms. The maximum absolute atomic E-state index is 6.55. The van der Waals surface area contributed by atoms with Gasteiger partial charge in [-0.3, -0.25) is 0 Å². The SMILES string of the molecule is C=C/C(c1nc(-c2ccccc2)nc(-c2ccc3c(c2)oc2ccccc23)n1)=c1\c(=C/C)oc2ccc(-c3ccc(-c4ccc5c(c4)-c4ccccc4C54c5ccccc5-c5ccccc54)cc3)cc12. The van der Waals surface area contributed by atoms with E-state index >= 15 is 0 Å². The number of fused-ring (bicyclic) bond motifs is 14. The van der Waals surface area contributed by atoms with Gasteiger partial charge in [-0.25, -0.2) is 15.0 Å². The van der Waals surface area contributed by atoms with Crippen molar-refractivity contribution >= 4 is 44.6 Å². The van der Waals surface area contributed by atoms with Crippen LogP contribution in [-0.4, -0.2) is 15.0 Å².